The molecule has 0 radical (unpaired) electrons. The Morgan fingerprint density at radius 2 is 1.61 bits per heavy atom. The number of nitrogens with zero attached hydrogens (tertiary/aromatic N) is 2. The summed E-state index contributed by atoms with van der Waals surface area (Å²) in [7, 11) is -4.37. The molecule has 2 aromatic rings. The molecule has 1 heterocycles. The summed E-state index contributed by atoms with van der Waals surface area (Å²) in [4.78, 5) is 40.9. The summed E-state index contributed by atoms with van der Waals surface area (Å²) in [6.07, 6.45) is 3.02. The molecule has 0 aromatic heterocycles. The lowest BCUT2D eigenvalue weighted by molar-refractivity contribution is -0.124. The van der Waals surface area contributed by atoms with Crippen LogP contribution in [0.25, 0.3) is 0 Å². The van der Waals surface area contributed by atoms with Crippen LogP contribution in [-0.2, 0) is 26.0 Å². The van der Waals surface area contributed by atoms with Gasteiger partial charge in [0.05, 0.1) is 6.10 Å². The predicted molar refractivity (Wildman–Crippen MR) is 161 cm³/mol. The summed E-state index contributed by atoms with van der Waals surface area (Å²) in [5, 5.41) is 8.82. The number of hydrogen-bond donors (Lipinski definition) is 1. The molecule has 222 valence electrons. The van der Waals surface area contributed by atoms with Crippen molar-refractivity contribution in [2.45, 2.75) is 68.5 Å². The molecule has 1 aliphatic carbocycles. The van der Waals surface area contributed by atoms with Crippen LogP contribution < -0.4 is 0 Å². The number of benzene rings is 2. The highest BCUT2D eigenvalue weighted by atomic mass is 32.2. The van der Waals surface area contributed by atoms with Crippen LogP contribution >= 0.6 is 11.8 Å². The van der Waals surface area contributed by atoms with Gasteiger partial charge in [-0.05, 0) is 56.7 Å². The van der Waals surface area contributed by atoms with Gasteiger partial charge in [-0.25, -0.2) is 8.42 Å². The van der Waals surface area contributed by atoms with Crippen molar-refractivity contribution in [1.29, 1.82) is 0 Å². The van der Waals surface area contributed by atoms with E-state index in [1.807, 2.05) is 36.4 Å². The highest BCUT2D eigenvalue weighted by Gasteiger charge is 2.50. The first kappa shape index (κ1) is 31.4. The average molecular weight is 601 g/mol. The molecule has 0 spiro atoms. The molecule has 4 rings (SSSR count). The zero-order valence-electron chi connectivity index (χ0n) is 23.8. The van der Waals surface area contributed by atoms with Gasteiger partial charge >= 0.3 is 0 Å². The van der Waals surface area contributed by atoms with E-state index in [0.717, 1.165) is 47.3 Å². The fourth-order valence-electron chi connectivity index (χ4n) is 5.70. The normalized spacial score (nSPS) is 20.3. The van der Waals surface area contributed by atoms with Gasteiger partial charge in [-0.15, -0.1) is 0 Å². The Labute approximate surface area is 247 Å². The molecule has 1 aliphatic heterocycles. The first-order chi connectivity index (χ1) is 19.5. The van der Waals surface area contributed by atoms with Crippen molar-refractivity contribution in [1.82, 2.24) is 9.21 Å². The minimum atomic E-state index is -4.37. The van der Waals surface area contributed by atoms with Crippen molar-refractivity contribution >= 4 is 38.6 Å². The summed E-state index contributed by atoms with van der Waals surface area (Å²) < 4.78 is 28.2. The fourth-order valence-corrected chi connectivity index (χ4v) is 8.96. The van der Waals surface area contributed by atoms with Gasteiger partial charge in [0.15, 0.2) is 5.78 Å². The molecule has 41 heavy (non-hydrogen) atoms. The highest BCUT2D eigenvalue weighted by molar-refractivity contribution is 8.16. The summed E-state index contributed by atoms with van der Waals surface area (Å²) in [6, 6.07) is 18.5. The van der Waals surface area contributed by atoms with Gasteiger partial charge in [-0.2, -0.15) is 4.31 Å². The monoisotopic (exact) mass is 600 g/mol. The van der Waals surface area contributed by atoms with Crippen LogP contribution in [0.3, 0.4) is 0 Å². The standard InChI is InChI=1S/C31H40N2O6S2/c1-31(2)19-27(35)28(30(37)40-31)41(38,39)33(20-24-13-9-10-14-24)22-26(34)21-32(18-17-23-11-5-3-6-12-23)29(36)25-15-7-4-8-16-25/h3-8,11-12,15-16,24,26,28,34H,9-10,13-14,17-22H2,1-2H3/t26-,28?/m0/s1. The molecule has 2 aliphatic rings. The van der Waals surface area contributed by atoms with Crippen molar-refractivity contribution in [3.63, 3.8) is 0 Å². The third-order valence-corrected chi connectivity index (χ3v) is 11.1. The Morgan fingerprint density at radius 3 is 2.22 bits per heavy atom. The molecule has 2 atom stereocenters. The van der Waals surface area contributed by atoms with E-state index in [2.05, 4.69) is 0 Å². The molecule has 1 saturated carbocycles. The maximum absolute atomic E-state index is 13.9. The highest BCUT2D eigenvalue weighted by Crippen LogP contribution is 2.38. The summed E-state index contributed by atoms with van der Waals surface area (Å²) in [5.74, 6) is -0.773. The molecule has 1 amide bonds. The predicted octanol–water partition coefficient (Wildman–Crippen LogP) is 3.93. The Hall–Kier alpha value is -2.53. The Balaban J connectivity index is 1.54. The maximum Gasteiger partial charge on any atom is 0.253 e. The largest absolute Gasteiger partial charge is 0.390 e. The minimum Gasteiger partial charge on any atom is -0.390 e. The number of aliphatic hydroxyl groups is 1. The quantitative estimate of drug-likeness (QED) is 0.368. The SMILES string of the molecule is CC1(C)CC(=O)C(S(=O)(=O)N(CC2CCCC2)C[C@@H](O)CN(CCc2ccccc2)C(=O)c2ccccc2)C(=O)S1. The molecule has 8 nitrogen and oxygen atoms in total. The Kier molecular flexibility index (Phi) is 10.4. The van der Waals surface area contributed by atoms with E-state index < -0.39 is 37.0 Å². The minimum absolute atomic E-state index is 0.0219. The first-order valence-electron chi connectivity index (χ1n) is 14.3. The summed E-state index contributed by atoms with van der Waals surface area (Å²) in [5.41, 5.74) is 1.51. The van der Waals surface area contributed by atoms with Gasteiger partial charge in [0.1, 0.15) is 0 Å². The van der Waals surface area contributed by atoms with Crippen molar-refractivity contribution in [3.05, 3.63) is 71.8 Å². The first-order valence-corrected chi connectivity index (χ1v) is 16.6. The maximum atomic E-state index is 13.9. The van der Waals surface area contributed by atoms with Crippen molar-refractivity contribution < 1.29 is 27.9 Å². The molecule has 10 heteroatoms. The van der Waals surface area contributed by atoms with Crippen LogP contribution in [0.4, 0.5) is 0 Å². The van der Waals surface area contributed by atoms with Gasteiger partial charge < -0.3 is 10.0 Å². The molecule has 0 bridgehead atoms. The lowest BCUT2D eigenvalue weighted by Crippen LogP contribution is -2.54. The number of sulfonamides is 1. The number of thioether (sulfide) groups is 1. The lowest BCUT2D eigenvalue weighted by Gasteiger charge is -2.35. The van der Waals surface area contributed by atoms with E-state index in [-0.39, 0.29) is 37.9 Å². The van der Waals surface area contributed by atoms with E-state index in [0.29, 0.717) is 18.5 Å². The summed E-state index contributed by atoms with van der Waals surface area (Å²) in [6.45, 7) is 3.59. The van der Waals surface area contributed by atoms with Gasteiger partial charge in [0, 0.05) is 42.9 Å². The molecule has 2 fully saturated rings. The van der Waals surface area contributed by atoms with Gasteiger partial charge in [-0.3, -0.25) is 14.4 Å². The lowest BCUT2D eigenvalue weighted by atomic mass is 10.0. The van der Waals surface area contributed by atoms with E-state index in [1.165, 1.54) is 0 Å². The zero-order chi connectivity index (χ0) is 29.6. The van der Waals surface area contributed by atoms with Crippen LogP contribution in [0, 0.1) is 5.92 Å². The molecular formula is C31H40N2O6S2. The molecule has 2 aromatic carbocycles. The second-order valence-corrected chi connectivity index (χ2v) is 15.5. The van der Waals surface area contributed by atoms with E-state index in [9.17, 15) is 27.9 Å². The number of carbonyl (C=O) groups is 3. The number of Topliss-reactive ketones (excluding diaryl/α,β-unsaturated/α-hetero) is 1. The van der Waals surface area contributed by atoms with E-state index in [1.54, 1.807) is 43.0 Å². The van der Waals surface area contributed by atoms with Crippen LogP contribution in [0.5, 0.6) is 0 Å². The number of aliphatic hydroxyl groups excluding tert-OH is 1. The number of amides is 1. The van der Waals surface area contributed by atoms with Gasteiger partial charge in [-0.1, -0.05) is 73.1 Å². The van der Waals surface area contributed by atoms with Gasteiger partial charge in [0.2, 0.25) is 20.4 Å². The van der Waals surface area contributed by atoms with E-state index in [4.69, 9.17) is 0 Å². The zero-order valence-corrected chi connectivity index (χ0v) is 25.4. The number of ketones is 1. The van der Waals surface area contributed by atoms with E-state index >= 15 is 0 Å². The fraction of sp³-hybridized carbons (Fsp3) is 0.516. The third-order valence-electron chi connectivity index (χ3n) is 7.74. The van der Waals surface area contributed by atoms with Crippen LogP contribution in [0.15, 0.2) is 60.7 Å². The second-order valence-electron chi connectivity index (χ2n) is 11.7. The topological polar surface area (TPSA) is 112 Å². The Morgan fingerprint density at radius 1 is 1.00 bits per heavy atom. The third kappa shape index (κ3) is 8.28. The van der Waals surface area contributed by atoms with Crippen LogP contribution in [-0.4, -0.2) is 81.8 Å². The molecular weight excluding hydrogens is 560 g/mol. The molecule has 1 N–H and O–H groups in total. The molecule has 1 unspecified atom stereocenters. The average Bonchev–Trinajstić information content (AvgIpc) is 3.43. The summed E-state index contributed by atoms with van der Waals surface area (Å²) >= 11 is 0.897. The van der Waals surface area contributed by atoms with Gasteiger partial charge in [0.25, 0.3) is 5.91 Å². The van der Waals surface area contributed by atoms with Crippen molar-refractivity contribution in [2.75, 3.05) is 26.2 Å². The number of carbonyl (C=O) groups excluding carboxylic acids is 3. The smallest absolute Gasteiger partial charge is 0.253 e. The second kappa shape index (κ2) is 13.6. The van der Waals surface area contributed by atoms with Crippen molar-refractivity contribution in [3.8, 4) is 0 Å². The number of hydrogen-bond acceptors (Lipinski definition) is 7. The Bertz CT molecular complexity index is 1290. The molecule has 1 saturated heterocycles. The van der Waals surface area contributed by atoms with Crippen LogP contribution in [0.2, 0.25) is 0 Å². The van der Waals surface area contributed by atoms with Crippen molar-refractivity contribution in [2.24, 2.45) is 5.92 Å². The van der Waals surface area contributed by atoms with Crippen LogP contribution in [0.1, 0.15) is 61.9 Å². The number of rotatable bonds is 12.